The maximum Gasteiger partial charge on any atom is 0.0287 e. The number of terminal acetylenes is 1. The van der Waals surface area contributed by atoms with Crippen LogP contribution in [0.15, 0.2) is 47.0 Å². The molecule has 1 nitrogen and oxygen atoms in total. The lowest BCUT2D eigenvalue weighted by Crippen LogP contribution is -2.05. The van der Waals surface area contributed by atoms with E-state index in [2.05, 4.69) is 75.9 Å². The summed E-state index contributed by atoms with van der Waals surface area (Å²) in [6.45, 7) is 11.0. The van der Waals surface area contributed by atoms with Crippen LogP contribution >= 0.6 is 0 Å². The predicted octanol–water partition coefficient (Wildman–Crippen LogP) is 6.73. The Hall–Kier alpha value is -2.59. The molecule has 1 unspecified atom stereocenters. The normalized spacial score (nSPS) is 12.0. The second-order valence-electron chi connectivity index (χ2n) is 7.53. The van der Waals surface area contributed by atoms with Crippen LogP contribution in [0.4, 0.5) is 0 Å². The summed E-state index contributed by atoms with van der Waals surface area (Å²) in [5, 5.41) is 0. The molecule has 0 N–H and O–H groups in total. The van der Waals surface area contributed by atoms with Crippen LogP contribution in [0.3, 0.4) is 0 Å². The molecule has 0 spiro atoms. The molecular formula is C26H31N. The smallest absolute Gasteiger partial charge is 0.0287 e. The molecule has 0 saturated carbocycles. The van der Waals surface area contributed by atoms with Crippen LogP contribution in [0.25, 0.3) is 16.7 Å². The molecule has 0 aliphatic rings. The first kappa shape index (κ1) is 20.7. The standard InChI is InChI=1S/C26H31N/c1-8-19(5)15-23-11-10-12-24(26(23)25(17-27-7)18(3)4)22-14-13-21(9-2)20(6)16-22/h2,10-14,16-17,19H,8,15H2,1,3-7H3/b27-17-. The van der Waals surface area contributed by atoms with Gasteiger partial charge in [-0.15, -0.1) is 6.42 Å². The Balaban J connectivity index is 2.78. The van der Waals surface area contributed by atoms with Gasteiger partial charge < -0.3 is 0 Å². The van der Waals surface area contributed by atoms with E-state index in [0.29, 0.717) is 5.92 Å². The number of nitrogens with zero attached hydrogens (tertiary/aromatic N) is 1. The number of rotatable bonds is 6. The van der Waals surface area contributed by atoms with E-state index in [1.54, 1.807) is 0 Å². The zero-order valence-corrected chi connectivity index (χ0v) is 17.6. The van der Waals surface area contributed by atoms with Crippen molar-refractivity contribution in [2.75, 3.05) is 7.05 Å². The number of benzene rings is 2. The van der Waals surface area contributed by atoms with Crippen molar-refractivity contribution in [3.63, 3.8) is 0 Å². The summed E-state index contributed by atoms with van der Waals surface area (Å²) in [5.74, 6) is 3.40. The highest BCUT2D eigenvalue weighted by molar-refractivity contribution is 6.13. The molecule has 0 amide bonds. The number of aliphatic imine (C=N–C) groups is 1. The van der Waals surface area contributed by atoms with Gasteiger partial charge >= 0.3 is 0 Å². The van der Waals surface area contributed by atoms with Gasteiger partial charge in [0.1, 0.15) is 0 Å². The van der Waals surface area contributed by atoms with Crippen molar-refractivity contribution in [1.29, 1.82) is 0 Å². The first-order chi connectivity index (χ1) is 12.9. The summed E-state index contributed by atoms with van der Waals surface area (Å²) in [6, 6.07) is 13.0. The Kier molecular flexibility index (Phi) is 7.19. The van der Waals surface area contributed by atoms with Gasteiger partial charge in [0.15, 0.2) is 0 Å². The van der Waals surface area contributed by atoms with Gasteiger partial charge in [-0.3, -0.25) is 4.99 Å². The first-order valence-electron chi connectivity index (χ1n) is 9.72. The van der Waals surface area contributed by atoms with Gasteiger partial charge in [0.05, 0.1) is 0 Å². The lowest BCUT2D eigenvalue weighted by atomic mass is 9.85. The number of hydrogen-bond donors (Lipinski definition) is 0. The van der Waals surface area contributed by atoms with Crippen LogP contribution in [0, 0.1) is 25.2 Å². The monoisotopic (exact) mass is 357 g/mol. The van der Waals surface area contributed by atoms with Crippen LogP contribution in [-0.2, 0) is 6.42 Å². The Morgan fingerprint density at radius 3 is 2.52 bits per heavy atom. The number of hydrogen-bond acceptors (Lipinski definition) is 1. The second-order valence-corrected chi connectivity index (χ2v) is 7.53. The molecule has 0 heterocycles. The van der Waals surface area contributed by atoms with Crippen molar-refractivity contribution >= 4 is 11.8 Å². The Labute approximate surface area is 165 Å². The van der Waals surface area contributed by atoms with Crippen LogP contribution < -0.4 is 0 Å². The Morgan fingerprint density at radius 1 is 1.22 bits per heavy atom. The zero-order chi connectivity index (χ0) is 20.0. The van der Waals surface area contributed by atoms with Crippen molar-refractivity contribution in [2.45, 2.75) is 47.5 Å². The zero-order valence-electron chi connectivity index (χ0n) is 17.6. The van der Waals surface area contributed by atoms with E-state index < -0.39 is 0 Å². The molecular weight excluding hydrogens is 326 g/mol. The molecule has 0 aliphatic heterocycles. The van der Waals surface area contributed by atoms with Gasteiger partial charge in [0, 0.05) is 18.8 Å². The van der Waals surface area contributed by atoms with Gasteiger partial charge in [-0.2, -0.15) is 0 Å². The summed E-state index contributed by atoms with van der Waals surface area (Å²) in [5.41, 5.74) is 9.72. The minimum atomic E-state index is 0.640. The van der Waals surface area contributed by atoms with Gasteiger partial charge in [-0.05, 0) is 72.6 Å². The summed E-state index contributed by atoms with van der Waals surface area (Å²) in [4.78, 5) is 4.34. The van der Waals surface area contributed by atoms with E-state index in [4.69, 9.17) is 6.42 Å². The number of aryl methyl sites for hydroxylation is 1. The molecule has 2 aromatic carbocycles. The Morgan fingerprint density at radius 2 is 1.96 bits per heavy atom. The highest BCUT2D eigenvalue weighted by Gasteiger charge is 2.16. The largest absolute Gasteiger partial charge is 0.296 e. The molecule has 2 rings (SSSR count). The maximum atomic E-state index is 5.62. The Bertz CT molecular complexity index is 902. The minimum Gasteiger partial charge on any atom is -0.296 e. The fourth-order valence-electron chi connectivity index (χ4n) is 3.41. The van der Waals surface area contributed by atoms with Gasteiger partial charge in [-0.1, -0.05) is 62.1 Å². The summed E-state index contributed by atoms with van der Waals surface area (Å²) in [7, 11) is 1.84. The van der Waals surface area contributed by atoms with Crippen molar-refractivity contribution in [3.05, 3.63) is 64.2 Å². The SMILES string of the molecule is C#Cc1ccc(-c2cccc(CC(C)CC)c2C(/C=N\C)=C(C)C)cc1C. The molecule has 0 fully saturated rings. The molecule has 1 heteroatoms. The van der Waals surface area contributed by atoms with Gasteiger partial charge in [0.2, 0.25) is 0 Å². The van der Waals surface area contributed by atoms with Crippen LogP contribution in [0.5, 0.6) is 0 Å². The van der Waals surface area contributed by atoms with Crippen molar-refractivity contribution in [2.24, 2.45) is 10.9 Å². The van der Waals surface area contributed by atoms with E-state index in [9.17, 15) is 0 Å². The maximum absolute atomic E-state index is 5.62. The van der Waals surface area contributed by atoms with Crippen LogP contribution in [-0.4, -0.2) is 13.3 Å². The molecule has 140 valence electrons. The van der Waals surface area contributed by atoms with E-state index in [1.165, 1.54) is 39.8 Å². The topological polar surface area (TPSA) is 12.4 Å². The summed E-state index contributed by atoms with van der Waals surface area (Å²) >= 11 is 0. The quantitative estimate of drug-likeness (QED) is 0.401. The predicted molar refractivity (Wildman–Crippen MR) is 120 cm³/mol. The molecule has 0 bridgehead atoms. The van der Waals surface area contributed by atoms with E-state index in [1.807, 2.05) is 19.3 Å². The average Bonchev–Trinajstić information content (AvgIpc) is 2.65. The van der Waals surface area contributed by atoms with Crippen molar-refractivity contribution in [3.8, 4) is 23.5 Å². The number of allylic oxidation sites excluding steroid dienone is 2. The molecule has 27 heavy (non-hydrogen) atoms. The molecule has 0 radical (unpaired) electrons. The lowest BCUT2D eigenvalue weighted by Gasteiger charge is -2.20. The third kappa shape index (κ3) is 4.77. The van der Waals surface area contributed by atoms with E-state index in [0.717, 1.165) is 17.5 Å². The van der Waals surface area contributed by atoms with Gasteiger partial charge in [-0.25, -0.2) is 0 Å². The molecule has 1 atom stereocenters. The minimum absolute atomic E-state index is 0.640. The van der Waals surface area contributed by atoms with Crippen molar-refractivity contribution in [1.82, 2.24) is 0 Å². The highest BCUT2D eigenvalue weighted by atomic mass is 14.6. The van der Waals surface area contributed by atoms with E-state index >= 15 is 0 Å². The third-order valence-corrected chi connectivity index (χ3v) is 5.18. The fraction of sp³-hybridized carbons (Fsp3) is 0.346. The van der Waals surface area contributed by atoms with Crippen LogP contribution in [0.2, 0.25) is 0 Å². The second kappa shape index (κ2) is 9.38. The molecule has 0 aromatic heterocycles. The summed E-state index contributed by atoms with van der Waals surface area (Å²) < 4.78 is 0. The van der Waals surface area contributed by atoms with Gasteiger partial charge in [0.25, 0.3) is 0 Å². The third-order valence-electron chi connectivity index (χ3n) is 5.18. The molecule has 2 aromatic rings. The molecule has 0 saturated heterocycles. The highest BCUT2D eigenvalue weighted by Crippen LogP contribution is 2.35. The van der Waals surface area contributed by atoms with Crippen molar-refractivity contribution < 1.29 is 0 Å². The fourth-order valence-corrected chi connectivity index (χ4v) is 3.41. The first-order valence-corrected chi connectivity index (χ1v) is 9.72. The average molecular weight is 358 g/mol. The van der Waals surface area contributed by atoms with E-state index in [-0.39, 0.29) is 0 Å². The summed E-state index contributed by atoms with van der Waals surface area (Å²) in [6.07, 6.45) is 9.85. The van der Waals surface area contributed by atoms with Crippen LogP contribution in [0.1, 0.15) is 56.4 Å². The lowest BCUT2D eigenvalue weighted by molar-refractivity contribution is 0.560. The molecule has 0 aliphatic carbocycles.